The van der Waals surface area contributed by atoms with Crippen molar-refractivity contribution in [3.63, 3.8) is 0 Å². The molecule has 2 bridgehead atoms. The van der Waals surface area contributed by atoms with Crippen molar-refractivity contribution in [2.24, 2.45) is 16.7 Å². The lowest BCUT2D eigenvalue weighted by molar-refractivity contribution is 0.000293. The quantitative estimate of drug-likeness (QED) is 0.454. The second-order valence-corrected chi connectivity index (χ2v) is 8.61. The van der Waals surface area contributed by atoms with Gasteiger partial charge in [-0.05, 0) is 54.3 Å². The summed E-state index contributed by atoms with van der Waals surface area (Å²) >= 11 is 13.7. The van der Waals surface area contributed by atoms with Crippen molar-refractivity contribution in [3.8, 4) is 0 Å². The third kappa shape index (κ3) is 2.68. The first kappa shape index (κ1) is 16.5. The van der Waals surface area contributed by atoms with Crippen LogP contribution in [0.5, 0.6) is 0 Å². The molecule has 1 aromatic rings. The highest BCUT2D eigenvalue weighted by molar-refractivity contribution is 7.99. The number of hydrogen-bond donors (Lipinski definition) is 0. The van der Waals surface area contributed by atoms with Gasteiger partial charge in [0.05, 0.1) is 5.54 Å². The van der Waals surface area contributed by atoms with Crippen molar-refractivity contribution in [1.82, 2.24) is 0 Å². The molecule has 3 rings (SSSR count). The number of thioether (sulfide) groups is 1. The molecule has 2 aliphatic rings. The van der Waals surface area contributed by atoms with Crippen molar-refractivity contribution in [2.45, 2.75) is 44.1 Å². The van der Waals surface area contributed by atoms with Crippen molar-refractivity contribution in [1.29, 1.82) is 0 Å². The monoisotopic (exact) mass is 356 g/mol. The standard InChI is InChI=1S/C18H22Cl2OS/c1-17(2)13-8-9-18(17,15(10-13)21-16(20)11-19)12-22-14-6-4-3-5-7-14/h3-7,11,13,15H,8-10,12H2,1-2H3/b16-11-/t13-,15-,18-/m1/s1. The fraction of sp³-hybridized carbons (Fsp3) is 0.556. The Morgan fingerprint density at radius 3 is 2.73 bits per heavy atom. The highest BCUT2D eigenvalue weighted by Crippen LogP contribution is 2.68. The molecule has 4 heteroatoms. The predicted molar refractivity (Wildman–Crippen MR) is 95.4 cm³/mol. The Balaban J connectivity index is 1.81. The summed E-state index contributed by atoms with van der Waals surface area (Å²) in [5, 5.41) is 0.319. The summed E-state index contributed by atoms with van der Waals surface area (Å²) in [6.07, 6.45) is 3.76. The van der Waals surface area contributed by atoms with Crippen LogP contribution in [-0.2, 0) is 4.74 Å². The van der Waals surface area contributed by atoms with Crippen molar-refractivity contribution >= 4 is 35.0 Å². The maximum atomic E-state index is 6.05. The largest absolute Gasteiger partial charge is 0.478 e. The summed E-state index contributed by atoms with van der Waals surface area (Å²) in [5.41, 5.74) is 1.78. The van der Waals surface area contributed by atoms with Crippen LogP contribution in [0.15, 0.2) is 46.0 Å². The van der Waals surface area contributed by atoms with E-state index in [1.54, 1.807) is 0 Å². The van der Waals surface area contributed by atoms with Crippen LogP contribution in [0.3, 0.4) is 0 Å². The number of hydrogen-bond acceptors (Lipinski definition) is 2. The van der Waals surface area contributed by atoms with E-state index in [0.29, 0.717) is 11.1 Å². The van der Waals surface area contributed by atoms with E-state index < -0.39 is 0 Å². The molecule has 3 atom stereocenters. The highest BCUT2D eigenvalue weighted by atomic mass is 35.5. The number of fused-ring (bicyclic) bond motifs is 2. The molecule has 0 amide bonds. The van der Waals surface area contributed by atoms with Gasteiger partial charge >= 0.3 is 0 Å². The van der Waals surface area contributed by atoms with Crippen LogP contribution in [-0.4, -0.2) is 11.9 Å². The Morgan fingerprint density at radius 1 is 1.36 bits per heavy atom. The van der Waals surface area contributed by atoms with E-state index in [-0.39, 0.29) is 16.9 Å². The summed E-state index contributed by atoms with van der Waals surface area (Å²) in [6.45, 7) is 4.80. The summed E-state index contributed by atoms with van der Waals surface area (Å²) in [6, 6.07) is 10.6. The van der Waals surface area contributed by atoms with Gasteiger partial charge in [-0.1, -0.05) is 43.6 Å². The van der Waals surface area contributed by atoms with Crippen LogP contribution in [0.1, 0.15) is 33.1 Å². The molecule has 2 saturated carbocycles. The Morgan fingerprint density at radius 2 is 2.09 bits per heavy atom. The zero-order valence-corrected chi connectivity index (χ0v) is 15.3. The molecule has 0 aliphatic heterocycles. The van der Waals surface area contributed by atoms with Gasteiger partial charge < -0.3 is 4.74 Å². The minimum atomic E-state index is 0.165. The first-order chi connectivity index (χ1) is 10.5. The summed E-state index contributed by atoms with van der Waals surface area (Å²) in [5.74, 6) is 1.78. The van der Waals surface area contributed by atoms with E-state index in [4.69, 9.17) is 27.9 Å². The van der Waals surface area contributed by atoms with Gasteiger partial charge in [-0.3, -0.25) is 0 Å². The molecule has 120 valence electrons. The number of rotatable bonds is 5. The predicted octanol–water partition coefficient (Wildman–Crippen LogP) is 6.27. The average molecular weight is 357 g/mol. The van der Waals surface area contributed by atoms with Gasteiger partial charge in [0, 0.05) is 16.1 Å². The normalized spacial score (nSPS) is 33.2. The first-order valence-corrected chi connectivity index (χ1v) is 9.60. The summed E-state index contributed by atoms with van der Waals surface area (Å²) in [4.78, 5) is 1.32. The third-order valence-corrected chi connectivity index (χ3v) is 7.71. The molecule has 0 aromatic heterocycles. The second-order valence-electron chi connectivity index (χ2n) is 6.97. The SMILES string of the molecule is CC1(C)[C@@H]2CC[C@@]1(CSc1ccccc1)[C@H](O/C(Cl)=C\Cl)C2. The Bertz CT molecular complexity index is 557. The van der Waals surface area contributed by atoms with Crippen molar-refractivity contribution < 1.29 is 4.74 Å². The van der Waals surface area contributed by atoms with E-state index in [0.717, 1.165) is 12.2 Å². The maximum absolute atomic E-state index is 6.05. The molecule has 0 N–H and O–H groups in total. The summed E-state index contributed by atoms with van der Waals surface area (Å²) in [7, 11) is 0. The van der Waals surface area contributed by atoms with E-state index in [1.807, 2.05) is 11.8 Å². The summed E-state index contributed by atoms with van der Waals surface area (Å²) < 4.78 is 6.00. The lowest BCUT2D eigenvalue weighted by atomic mass is 9.69. The van der Waals surface area contributed by atoms with Crippen LogP contribution in [0.4, 0.5) is 0 Å². The van der Waals surface area contributed by atoms with Crippen molar-refractivity contribution in [2.75, 3.05) is 5.75 Å². The Hall–Kier alpha value is -0.310. The van der Waals surface area contributed by atoms with Crippen LogP contribution >= 0.6 is 35.0 Å². The molecular weight excluding hydrogens is 335 g/mol. The first-order valence-electron chi connectivity index (χ1n) is 7.80. The van der Waals surface area contributed by atoms with Crippen LogP contribution in [0.25, 0.3) is 0 Å². The maximum Gasteiger partial charge on any atom is 0.198 e. The van der Waals surface area contributed by atoms with Crippen molar-refractivity contribution in [3.05, 3.63) is 41.1 Å². The van der Waals surface area contributed by atoms with E-state index in [2.05, 4.69) is 44.2 Å². The number of halogens is 2. The Labute approximate surface area is 147 Å². The zero-order valence-electron chi connectivity index (χ0n) is 13.0. The zero-order chi connectivity index (χ0) is 15.8. The minimum absolute atomic E-state index is 0.165. The fourth-order valence-electron chi connectivity index (χ4n) is 4.40. The lowest BCUT2D eigenvalue weighted by Crippen LogP contribution is -2.42. The molecule has 1 nitrogen and oxygen atoms in total. The van der Waals surface area contributed by atoms with Crippen LogP contribution < -0.4 is 0 Å². The third-order valence-electron chi connectivity index (χ3n) is 5.94. The molecule has 0 spiro atoms. The van der Waals surface area contributed by atoms with Gasteiger partial charge in [0.25, 0.3) is 0 Å². The molecule has 0 heterocycles. The van der Waals surface area contributed by atoms with Gasteiger partial charge in [0.15, 0.2) is 5.22 Å². The fourth-order valence-corrected chi connectivity index (χ4v) is 6.03. The number of ether oxygens (including phenoxy) is 1. The molecule has 0 saturated heterocycles. The smallest absolute Gasteiger partial charge is 0.198 e. The van der Waals surface area contributed by atoms with E-state index >= 15 is 0 Å². The van der Waals surface area contributed by atoms with Gasteiger partial charge in [-0.2, -0.15) is 0 Å². The van der Waals surface area contributed by atoms with E-state index in [1.165, 1.54) is 23.3 Å². The lowest BCUT2D eigenvalue weighted by Gasteiger charge is -2.42. The molecule has 1 aromatic carbocycles. The van der Waals surface area contributed by atoms with Gasteiger partial charge in [-0.15, -0.1) is 11.8 Å². The molecule has 0 unspecified atom stereocenters. The average Bonchev–Trinajstić information content (AvgIpc) is 2.89. The highest BCUT2D eigenvalue weighted by Gasteiger charge is 2.65. The number of benzene rings is 1. The molecule has 2 fully saturated rings. The van der Waals surface area contributed by atoms with Gasteiger partial charge in [-0.25, -0.2) is 0 Å². The van der Waals surface area contributed by atoms with Crippen LogP contribution in [0.2, 0.25) is 0 Å². The molecular formula is C18H22Cl2OS. The Kier molecular flexibility index (Phi) is 4.74. The molecule has 0 radical (unpaired) electrons. The second kappa shape index (κ2) is 6.30. The van der Waals surface area contributed by atoms with Crippen LogP contribution in [0, 0.1) is 16.7 Å². The van der Waals surface area contributed by atoms with E-state index in [9.17, 15) is 0 Å². The molecule has 22 heavy (non-hydrogen) atoms. The topological polar surface area (TPSA) is 9.23 Å². The van der Waals surface area contributed by atoms with Gasteiger partial charge in [0.2, 0.25) is 0 Å². The minimum Gasteiger partial charge on any atom is -0.478 e. The molecule has 2 aliphatic carbocycles. The van der Waals surface area contributed by atoms with Gasteiger partial charge in [0.1, 0.15) is 6.10 Å².